The van der Waals surface area contributed by atoms with Crippen LogP contribution in [0.25, 0.3) is 0 Å². The summed E-state index contributed by atoms with van der Waals surface area (Å²) < 4.78 is 13.9. The maximum atomic E-state index is 13.9. The van der Waals surface area contributed by atoms with Crippen molar-refractivity contribution in [3.8, 4) is 0 Å². The Labute approximate surface area is 140 Å². The lowest BCUT2D eigenvalue weighted by molar-refractivity contribution is 0.540. The van der Waals surface area contributed by atoms with Gasteiger partial charge in [0.2, 0.25) is 0 Å². The number of rotatable bonds is 4. The molecule has 2 rings (SSSR count). The highest BCUT2D eigenvalue weighted by Gasteiger charge is 2.18. The van der Waals surface area contributed by atoms with Crippen molar-refractivity contribution < 1.29 is 4.39 Å². The van der Waals surface area contributed by atoms with E-state index in [4.69, 9.17) is 28.9 Å². The Hall–Kier alpha value is -0.800. The van der Waals surface area contributed by atoms with Crippen molar-refractivity contribution in [3.05, 3.63) is 69.5 Å². The molecule has 2 aromatic carbocycles. The van der Waals surface area contributed by atoms with Gasteiger partial charge >= 0.3 is 0 Å². The topological polar surface area (TPSA) is 26.0 Å². The third kappa shape index (κ3) is 4.86. The van der Waals surface area contributed by atoms with Crippen LogP contribution in [0.1, 0.15) is 24.0 Å². The zero-order valence-electron chi connectivity index (χ0n) is 11.5. The summed E-state index contributed by atoms with van der Waals surface area (Å²) in [5.74, 6) is -0.264. The van der Waals surface area contributed by atoms with E-state index in [-0.39, 0.29) is 30.2 Å². The first-order chi connectivity index (χ1) is 9.47. The fourth-order valence-electron chi connectivity index (χ4n) is 2.24. The number of benzene rings is 2. The zero-order valence-corrected chi connectivity index (χ0v) is 13.9. The second-order valence-electron chi connectivity index (χ2n) is 4.96. The zero-order chi connectivity index (χ0) is 14.7. The molecule has 0 radical (unpaired) electrons. The summed E-state index contributed by atoms with van der Waals surface area (Å²) in [6.07, 6.45) is 0.530. The fraction of sp³-hybridized carbons (Fsp3) is 0.250. The summed E-state index contributed by atoms with van der Waals surface area (Å²) in [4.78, 5) is 0. The molecule has 0 amide bonds. The van der Waals surface area contributed by atoms with Crippen molar-refractivity contribution >= 4 is 35.6 Å². The molecule has 114 valence electrons. The predicted octanol–water partition coefficient (Wildman–Crippen LogP) is 5.23. The second-order valence-corrected chi connectivity index (χ2v) is 5.83. The first-order valence-corrected chi connectivity index (χ1v) is 7.18. The van der Waals surface area contributed by atoms with Crippen LogP contribution >= 0.6 is 35.6 Å². The van der Waals surface area contributed by atoms with Gasteiger partial charge in [0, 0.05) is 22.0 Å². The van der Waals surface area contributed by atoms with Crippen LogP contribution in [0.3, 0.4) is 0 Å². The molecule has 2 aromatic rings. The molecule has 0 bridgehead atoms. The van der Waals surface area contributed by atoms with E-state index in [2.05, 4.69) is 0 Å². The van der Waals surface area contributed by atoms with E-state index in [9.17, 15) is 4.39 Å². The predicted molar refractivity (Wildman–Crippen MR) is 90.2 cm³/mol. The standard InChI is InChI=1S/C16H16Cl2FN.ClH/c1-10(20)15(11-2-5-13(17)6-3-11)8-12-4-7-14(18)9-16(12)19;/h2-7,9-10,15H,8,20H2,1H3;1H. The minimum atomic E-state index is -0.294. The van der Waals surface area contributed by atoms with Crippen molar-refractivity contribution in [3.63, 3.8) is 0 Å². The van der Waals surface area contributed by atoms with Crippen LogP contribution in [0.2, 0.25) is 10.0 Å². The van der Waals surface area contributed by atoms with E-state index in [1.807, 2.05) is 31.2 Å². The van der Waals surface area contributed by atoms with Crippen molar-refractivity contribution in [2.24, 2.45) is 5.73 Å². The minimum absolute atomic E-state index is 0. The van der Waals surface area contributed by atoms with Crippen molar-refractivity contribution in [1.82, 2.24) is 0 Å². The largest absolute Gasteiger partial charge is 0.327 e. The average Bonchev–Trinajstić information content (AvgIpc) is 2.39. The van der Waals surface area contributed by atoms with Crippen LogP contribution < -0.4 is 5.73 Å². The molecule has 0 fully saturated rings. The summed E-state index contributed by atoms with van der Waals surface area (Å²) in [7, 11) is 0. The normalized spacial score (nSPS) is 13.4. The molecule has 2 atom stereocenters. The van der Waals surface area contributed by atoms with Gasteiger partial charge in [-0.3, -0.25) is 0 Å². The van der Waals surface area contributed by atoms with E-state index < -0.39 is 0 Å². The van der Waals surface area contributed by atoms with Crippen LogP contribution in [-0.2, 0) is 6.42 Å². The Balaban J connectivity index is 0.00000220. The number of halogens is 4. The van der Waals surface area contributed by atoms with Crippen molar-refractivity contribution in [1.29, 1.82) is 0 Å². The molecule has 0 aromatic heterocycles. The van der Waals surface area contributed by atoms with Crippen molar-refractivity contribution in [2.45, 2.75) is 25.3 Å². The number of nitrogens with two attached hydrogens (primary N) is 1. The quantitative estimate of drug-likeness (QED) is 0.804. The number of hydrogen-bond acceptors (Lipinski definition) is 1. The molecule has 0 spiro atoms. The molecule has 1 nitrogen and oxygen atoms in total. The molecular weight excluding hydrogens is 332 g/mol. The van der Waals surface area contributed by atoms with E-state index in [1.54, 1.807) is 12.1 Å². The van der Waals surface area contributed by atoms with Crippen LogP contribution in [0.15, 0.2) is 42.5 Å². The first-order valence-electron chi connectivity index (χ1n) is 6.42. The van der Waals surface area contributed by atoms with Gasteiger partial charge in [-0.05, 0) is 48.7 Å². The first kappa shape index (κ1) is 18.2. The van der Waals surface area contributed by atoms with Gasteiger partial charge in [0.25, 0.3) is 0 Å². The number of hydrogen-bond donors (Lipinski definition) is 1. The van der Waals surface area contributed by atoms with E-state index in [0.717, 1.165) is 5.56 Å². The molecule has 2 N–H and O–H groups in total. The third-order valence-electron chi connectivity index (χ3n) is 3.39. The van der Waals surface area contributed by atoms with Crippen molar-refractivity contribution in [2.75, 3.05) is 0 Å². The van der Waals surface area contributed by atoms with Crippen LogP contribution in [-0.4, -0.2) is 6.04 Å². The van der Waals surface area contributed by atoms with Crippen LogP contribution in [0, 0.1) is 5.82 Å². The van der Waals surface area contributed by atoms with E-state index in [0.29, 0.717) is 22.0 Å². The molecule has 0 aliphatic rings. The lowest BCUT2D eigenvalue weighted by atomic mass is 9.87. The molecule has 5 heteroatoms. The van der Waals surface area contributed by atoms with Gasteiger partial charge in [0.15, 0.2) is 0 Å². The molecule has 0 aliphatic carbocycles. The van der Waals surface area contributed by atoms with Gasteiger partial charge in [-0.1, -0.05) is 41.4 Å². The lowest BCUT2D eigenvalue weighted by Crippen LogP contribution is -2.26. The highest BCUT2D eigenvalue weighted by atomic mass is 35.5. The van der Waals surface area contributed by atoms with Gasteiger partial charge in [-0.25, -0.2) is 4.39 Å². The maximum Gasteiger partial charge on any atom is 0.127 e. The Kier molecular flexibility index (Phi) is 6.95. The molecule has 0 heterocycles. The highest BCUT2D eigenvalue weighted by molar-refractivity contribution is 6.30. The summed E-state index contributed by atoms with van der Waals surface area (Å²) in [5, 5.41) is 1.07. The third-order valence-corrected chi connectivity index (χ3v) is 3.87. The Morgan fingerprint density at radius 1 is 1.05 bits per heavy atom. The average molecular weight is 349 g/mol. The van der Waals surface area contributed by atoms with Gasteiger partial charge in [-0.15, -0.1) is 12.4 Å². The Bertz CT molecular complexity index is 585. The Morgan fingerprint density at radius 2 is 1.62 bits per heavy atom. The minimum Gasteiger partial charge on any atom is -0.327 e. The van der Waals surface area contributed by atoms with Gasteiger partial charge < -0.3 is 5.73 Å². The molecule has 0 saturated carbocycles. The SMILES string of the molecule is CC(N)C(Cc1ccc(Cl)cc1F)c1ccc(Cl)cc1.Cl. The molecule has 0 aliphatic heterocycles. The summed E-state index contributed by atoms with van der Waals surface area (Å²) in [6.45, 7) is 1.92. The lowest BCUT2D eigenvalue weighted by Gasteiger charge is -2.22. The molecular formula is C16H17Cl3FN. The highest BCUT2D eigenvalue weighted by Crippen LogP contribution is 2.27. The van der Waals surface area contributed by atoms with E-state index >= 15 is 0 Å². The van der Waals surface area contributed by atoms with Gasteiger partial charge in [-0.2, -0.15) is 0 Å². The summed E-state index contributed by atoms with van der Waals surface area (Å²) in [5.41, 5.74) is 7.72. The fourth-order valence-corrected chi connectivity index (χ4v) is 2.53. The smallest absolute Gasteiger partial charge is 0.127 e. The van der Waals surface area contributed by atoms with Gasteiger partial charge in [0.05, 0.1) is 0 Å². The summed E-state index contributed by atoms with van der Waals surface area (Å²) >= 11 is 11.7. The Morgan fingerprint density at radius 3 is 2.14 bits per heavy atom. The second kappa shape index (κ2) is 8.00. The van der Waals surface area contributed by atoms with E-state index in [1.165, 1.54) is 6.07 Å². The monoisotopic (exact) mass is 347 g/mol. The maximum absolute atomic E-state index is 13.9. The molecule has 2 unspecified atom stereocenters. The molecule has 21 heavy (non-hydrogen) atoms. The van der Waals surface area contributed by atoms with Gasteiger partial charge in [0.1, 0.15) is 5.82 Å². The molecule has 0 saturated heterocycles. The van der Waals surface area contributed by atoms with Crippen LogP contribution in [0.5, 0.6) is 0 Å². The van der Waals surface area contributed by atoms with Crippen LogP contribution in [0.4, 0.5) is 4.39 Å². The summed E-state index contributed by atoms with van der Waals surface area (Å²) in [6, 6.07) is 12.2.